The number of benzene rings is 1. The molecule has 0 saturated heterocycles. The Morgan fingerprint density at radius 1 is 1.32 bits per heavy atom. The van der Waals surface area contributed by atoms with Crippen LogP contribution >= 0.6 is 0 Å². The molecule has 122 valence electrons. The number of anilines is 1. The van der Waals surface area contributed by atoms with Gasteiger partial charge in [0.1, 0.15) is 11.4 Å². The Balaban J connectivity index is 2.32. The molecule has 0 aromatic heterocycles. The molecule has 3 N–H and O–H groups in total. The minimum Gasteiger partial charge on any atom is -0.506 e. The van der Waals surface area contributed by atoms with E-state index in [0.717, 1.165) is 16.8 Å². The van der Waals surface area contributed by atoms with Gasteiger partial charge < -0.3 is 10.2 Å². The molecule has 22 heavy (non-hydrogen) atoms. The highest BCUT2D eigenvalue weighted by Crippen LogP contribution is 2.32. The number of aliphatic hydroxyl groups is 1. The van der Waals surface area contributed by atoms with Gasteiger partial charge in [-0.1, -0.05) is 6.07 Å². The molecule has 2 rings (SSSR count). The van der Waals surface area contributed by atoms with Crippen molar-refractivity contribution in [3.8, 4) is 5.75 Å². The molecule has 0 spiro atoms. The van der Waals surface area contributed by atoms with E-state index < -0.39 is 26.1 Å². The average molecular weight is 349 g/mol. The van der Waals surface area contributed by atoms with Gasteiger partial charge in [-0.2, -0.15) is 8.42 Å². The van der Waals surface area contributed by atoms with E-state index in [-0.39, 0.29) is 18.0 Å². The Kier molecular flexibility index (Phi) is 3.98. The maximum Gasteiger partial charge on any atom is 0.330 e. The number of aliphatic hydroxyl groups excluding tert-OH is 1. The van der Waals surface area contributed by atoms with Crippen LogP contribution in [0.1, 0.15) is 5.56 Å². The van der Waals surface area contributed by atoms with Crippen LogP contribution in [-0.4, -0.2) is 44.7 Å². The van der Waals surface area contributed by atoms with E-state index in [0.29, 0.717) is 9.87 Å². The highest BCUT2D eigenvalue weighted by molar-refractivity contribution is 7.91. The molecule has 11 heteroatoms. The average Bonchev–Trinajstić information content (AvgIpc) is 2.61. The predicted molar refractivity (Wildman–Crippen MR) is 79.7 cm³/mol. The Bertz CT molecular complexity index is 831. The number of nitrogens with one attached hydrogen (secondary N) is 1. The summed E-state index contributed by atoms with van der Waals surface area (Å²) in [7, 11) is -5.98. The molecule has 0 aliphatic carbocycles. The van der Waals surface area contributed by atoms with Gasteiger partial charge in [-0.3, -0.25) is 0 Å². The van der Waals surface area contributed by atoms with Crippen molar-refractivity contribution in [2.45, 2.75) is 6.54 Å². The summed E-state index contributed by atoms with van der Waals surface area (Å²) in [6, 6.07) is 4.06. The lowest BCUT2D eigenvalue weighted by Gasteiger charge is -2.18. The summed E-state index contributed by atoms with van der Waals surface area (Å²) in [5.41, 5.74) is 0.411. The molecule has 0 amide bonds. The molecular weight excluding hydrogens is 334 g/mol. The van der Waals surface area contributed by atoms with Gasteiger partial charge in [0.15, 0.2) is 0 Å². The van der Waals surface area contributed by atoms with Crippen molar-refractivity contribution < 1.29 is 27.0 Å². The summed E-state index contributed by atoms with van der Waals surface area (Å²) in [5, 5.41) is 19.2. The predicted octanol–water partition coefficient (Wildman–Crippen LogP) is -0.205. The quantitative estimate of drug-likeness (QED) is 0.690. The third-order valence-electron chi connectivity index (χ3n) is 2.98. The molecule has 0 saturated carbocycles. The molecule has 1 aliphatic heterocycles. The monoisotopic (exact) mass is 349 g/mol. The highest BCUT2D eigenvalue weighted by atomic mass is 32.2. The Labute approximate surface area is 128 Å². The number of phenols is 1. The largest absolute Gasteiger partial charge is 0.506 e. The molecule has 0 fully saturated rings. The third kappa shape index (κ3) is 3.26. The third-order valence-corrected chi connectivity index (χ3v) is 5.53. The van der Waals surface area contributed by atoms with Gasteiger partial charge in [-0.15, -0.1) is 0 Å². The number of hydrogen-bond acceptors (Lipinski definition) is 6. The zero-order chi connectivity index (χ0) is 16.7. The summed E-state index contributed by atoms with van der Waals surface area (Å²) >= 11 is 0. The molecule has 1 aliphatic rings. The van der Waals surface area contributed by atoms with Crippen molar-refractivity contribution in [1.29, 1.82) is 0 Å². The topological polar surface area (TPSA) is 127 Å². The van der Waals surface area contributed by atoms with Crippen LogP contribution < -0.4 is 9.03 Å². The molecule has 1 heterocycles. The van der Waals surface area contributed by atoms with Crippen LogP contribution in [0, 0.1) is 0 Å². The first-order valence-electron chi connectivity index (χ1n) is 5.97. The van der Waals surface area contributed by atoms with E-state index >= 15 is 0 Å². The van der Waals surface area contributed by atoms with E-state index in [1.54, 1.807) is 0 Å². The van der Waals surface area contributed by atoms with Crippen molar-refractivity contribution in [2.24, 2.45) is 0 Å². The lowest BCUT2D eigenvalue weighted by Crippen LogP contribution is -2.29. The fourth-order valence-electron chi connectivity index (χ4n) is 1.82. The van der Waals surface area contributed by atoms with Gasteiger partial charge in [0.2, 0.25) is 15.9 Å². The lowest BCUT2D eigenvalue weighted by atomic mass is 10.2. The second-order valence-electron chi connectivity index (χ2n) is 4.76. The van der Waals surface area contributed by atoms with Gasteiger partial charge in [-0.05, 0) is 17.7 Å². The first kappa shape index (κ1) is 16.4. The van der Waals surface area contributed by atoms with E-state index in [1.165, 1.54) is 25.2 Å². The maximum absolute atomic E-state index is 11.7. The van der Waals surface area contributed by atoms with E-state index in [9.17, 15) is 27.0 Å². The summed E-state index contributed by atoms with van der Waals surface area (Å²) in [5.74, 6) is -0.934. The van der Waals surface area contributed by atoms with Gasteiger partial charge in [0.05, 0.1) is 12.5 Å². The minimum absolute atomic E-state index is 0.0266. The number of sulfonamides is 1. The molecule has 9 nitrogen and oxygen atoms in total. The second-order valence-corrected chi connectivity index (χ2v) is 8.40. The number of nitrogens with zero attached hydrogens (tertiary/aromatic N) is 2. The first-order valence-corrected chi connectivity index (χ1v) is 9.26. The van der Waals surface area contributed by atoms with Crippen LogP contribution in [0.15, 0.2) is 30.3 Å². The van der Waals surface area contributed by atoms with Crippen LogP contribution in [0.4, 0.5) is 5.69 Å². The molecule has 0 atom stereocenters. The van der Waals surface area contributed by atoms with Crippen molar-refractivity contribution in [2.75, 3.05) is 17.6 Å². The first-order chi connectivity index (χ1) is 10.0. The van der Waals surface area contributed by atoms with Crippen LogP contribution in [0.3, 0.4) is 0 Å². The summed E-state index contributed by atoms with van der Waals surface area (Å²) in [4.78, 5) is 0. The van der Waals surface area contributed by atoms with Crippen molar-refractivity contribution in [1.82, 2.24) is 9.03 Å². The van der Waals surface area contributed by atoms with Gasteiger partial charge >= 0.3 is 10.2 Å². The molecule has 1 aromatic carbocycles. The van der Waals surface area contributed by atoms with Crippen molar-refractivity contribution in [3.05, 3.63) is 35.8 Å². The number of phenolic OH excluding ortho intramolecular Hbond substituents is 1. The Morgan fingerprint density at radius 2 is 1.95 bits per heavy atom. The summed E-state index contributed by atoms with van der Waals surface area (Å²) < 4.78 is 49.8. The maximum atomic E-state index is 11.7. The SMILES string of the molecule is CN(Cc1ccc(N2C=C(O)NS2(=O)=O)c(O)c1)S(C)(=O)=O. The number of rotatable bonds is 4. The van der Waals surface area contributed by atoms with Crippen molar-refractivity contribution in [3.63, 3.8) is 0 Å². The fraction of sp³-hybridized carbons (Fsp3) is 0.273. The molecule has 1 aromatic rings. The lowest BCUT2D eigenvalue weighted by molar-refractivity contribution is 0.392. The van der Waals surface area contributed by atoms with E-state index in [1.807, 2.05) is 4.72 Å². The Hall–Kier alpha value is -1.98. The molecule has 0 unspecified atom stereocenters. The minimum atomic E-state index is -4.00. The Morgan fingerprint density at radius 3 is 2.41 bits per heavy atom. The van der Waals surface area contributed by atoms with Crippen LogP contribution in [0.25, 0.3) is 0 Å². The summed E-state index contributed by atoms with van der Waals surface area (Å²) in [6.07, 6.45) is 1.96. The van der Waals surface area contributed by atoms with E-state index in [4.69, 9.17) is 0 Å². The molecule has 0 radical (unpaired) electrons. The second kappa shape index (κ2) is 5.34. The van der Waals surface area contributed by atoms with Gasteiger partial charge in [-0.25, -0.2) is 21.8 Å². The zero-order valence-electron chi connectivity index (χ0n) is 11.8. The van der Waals surface area contributed by atoms with Crippen molar-refractivity contribution >= 4 is 25.9 Å². The van der Waals surface area contributed by atoms with Gasteiger partial charge in [0, 0.05) is 13.6 Å². The van der Waals surface area contributed by atoms with Crippen LogP contribution in [-0.2, 0) is 26.8 Å². The van der Waals surface area contributed by atoms with Crippen LogP contribution in [0.2, 0.25) is 0 Å². The van der Waals surface area contributed by atoms with Crippen LogP contribution in [0.5, 0.6) is 5.75 Å². The standard InChI is InChI=1S/C11H15N3O6S2/c1-13(21(2,17)18)6-8-3-4-9(10(15)5-8)14-7-11(16)12-22(14,19)20/h3-5,7,12,15-16H,6H2,1-2H3. The normalized spacial score (nSPS) is 17.4. The van der Waals surface area contributed by atoms with Gasteiger partial charge in [0.25, 0.3) is 0 Å². The number of aromatic hydroxyl groups is 1. The fourth-order valence-corrected chi connectivity index (χ4v) is 3.27. The number of hydrogen-bond donors (Lipinski definition) is 3. The zero-order valence-corrected chi connectivity index (χ0v) is 13.4. The summed E-state index contributed by atoms with van der Waals surface area (Å²) in [6.45, 7) is 0.0266. The smallest absolute Gasteiger partial charge is 0.330 e. The van der Waals surface area contributed by atoms with E-state index in [2.05, 4.69) is 0 Å². The molecule has 0 bridgehead atoms. The highest BCUT2D eigenvalue weighted by Gasteiger charge is 2.30. The molecular formula is C11H15N3O6S2.